The van der Waals surface area contributed by atoms with E-state index in [1.54, 1.807) is 0 Å². The van der Waals surface area contributed by atoms with Crippen LogP contribution >= 0.6 is 27.5 Å². The monoisotopic (exact) mass is 330 g/mol. The van der Waals surface area contributed by atoms with E-state index in [1.807, 2.05) is 19.1 Å². The lowest BCUT2D eigenvalue weighted by Gasteiger charge is -2.27. The van der Waals surface area contributed by atoms with Crippen molar-refractivity contribution in [2.24, 2.45) is 5.92 Å². The van der Waals surface area contributed by atoms with Crippen LogP contribution in [-0.2, 0) is 0 Å². The molecule has 0 aromatic heterocycles. The van der Waals surface area contributed by atoms with Gasteiger partial charge in [0.25, 0.3) is 0 Å². The maximum atomic E-state index is 6.65. The molecule has 1 aliphatic carbocycles. The maximum absolute atomic E-state index is 6.65. The number of hydrogen-bond acceptors (Lipinski definition) is 1. The summed E-state index contributed by atoms with van der Waals surface area (Å²) < 4.78 is 6.56. The van der Waals surface area contributed by atoms with Crippen LogP contribution in [0.4, 0.5) is 0 Å². The quantitative estimate of drug-likeness (QED) is 0.642. The average molecular weight is 332 g/mol. The molecular formula is C15H20BrClO. The summed E-state index contributed by atoms with van der Waals surface area (Å²) in [4.78, 5) is 0. The molecule has 0 aliphatic heterocycles. The van der Waals surface area contributed by atoms with Crippen LogP contribution < -0.4 is 4.74 Å². The topological polar surface area (TPSA) is 9.23 Å². The highest BCUT2D eigenvalue weighted by Gasteiger charge is 2.24. The molecule has 1 saturated carbocycles. The molecule has 0 N–H and O–H groups in total. The lowest BCUT2D eigenvalue weighted by molar-refractivity contribution is 0.338. The fourth-order valence-electron chi connectivity index (χ4n) is 2.67. The van der Waals surface area contributed by atoms with E-state index >= 15 is 0 Å². The number of benzene rings is 1. The summed E-state index contributed by atoms with van der Waals surface area (Å²) >= 11 is 10.3. The molecule has 0 heterocycles. The summed E-state index contributed by atoms with van der Waals surface area (Å²) in [5.41, 5.74) is 1.20. The SMILES string of the molecule is CCOc1ccc(C(Cl)C2CCCCC2)c(Br)c1. The van der Waals surface area contributed by atoms with E-state index in [4.69, 9.17) is 16.3 Å². The van der Waals surface area contributed by atoms with Crippen molar-refractivity contribution in [2.45, 2.75) is 44.4 Å². The minimum atomic E-state index is 0.121. The molecule has 1 aromatic rings. The van der Waals surface area contributed by atoms with E-state index in [0.717, 1.165) is 10.2 Å². The van der Waals surface area contributed by atoms with Gasteiger partial charge in [-0.3, -0.25) is 0 Å². The normalized spacial score (nSPS) is 18.6. The molecule has 1 aliphatic rings. The van der Waals surface area contributed by atoms with Crippen molar-refractivity contribution in [1.82, 2.24) is 0 Å². The van der Waals surface area contributed by atoms with Gasteiger partial charge in [-0.05, 0) is 43.4 Å². The van der Waals surface area contributed by atoms with Crippen LogP contribution in [0.2, 0.25) is 0 Å². The van der Waals surface area contributed by atoms with Crippen molar-refractivity contribution >= 4 is 27.5 Å². The molecule has 100 valence electrons. The van der Waals surface area contributed by atoms with Gasteiger partial charge in [0.2, 0.25) is 0 Å². The summed E-state index contributed by atoms with van der Waals surface area (Å²) in [6.45, 7) is 2.69. The van der Waals surface area contributed by atoms with E-state index in [-0.39, 0.29) is 5.38 Å². The van der Waals surface area contributed by atoms with Gasteiger partial charge in [0.1, 0.15) is 5.75 Å². The second-order valence-electron chi connectivity index (χ2n) is 4.92. The molecule has 1 unspecified atom stereocenters. The Kier molecular flexibility index (Phi) is 5.38. The molecule has 0 saturated heterocycles. The highest BCUT2D eigenvalue weighted by molar-refractivity contribution is 9.10. The van der Waals surface area contributed by atoms with E-state index in [0.29, 0.717) is 12.5 Å². The molecule has 1 fully saturated rings. The number of alkyl halides is 1. The fraction of sp³-hybridized carbons (Fsp3) is 0.600. The van der Waals surface area contributed by atoms with E-state index in [1.165, 1.54) is 37.7 Å². The van der Waals surface area contributed by atoms with Crippen molar-refractivity contribution in [3.05, 3.63) is 28.2 Å². The van der Waals surface area contributed by atoms with Gasteiger partial charge < -0.3 is 4.74 Å². The molecule has 1 nitrogen and oxygen atoms in total. The first kappa shape index (κ1) is 14.2. The third-order valence-corrected chi connectivity index (χ3v) is 4.92. The molecule has 0 bridgehead atoms. The standard InChI is InChI=1S/C15H20BrClO/c1-2-18-12-8-9-13(14(16)10-12)15(17)11-6-4-3-5-7-11/h8-11,15H,2-7H2,1H3. The highest BCUT2D eigenvalue weighted by atomic mass is 79.9. The lowest BCUT2D eigenvalue weighted by atomic mass is 9.84. The summed E-state index contributed by atoms with van der Waals surface area (Å²) in [5.74, 6) is 1.52. The molecule has 1 aromatic carbocycles. The van der Waals surface area contributed by atoms with Crippen LogP contribution in [0.3, 0.4) is 0 Å². The van der Waals surface area contributed by atoms with Crippen molar-refractivity contribution in [3.63, 3.8) is 0 Å². The van der Waals surface area contributed by atoms with Gasteiger partial charge in [0.05, 0.1) is 12.0 Å². The maximum Gasteiger partial charge on any atom is 0.120 e. The van der Waals surface area contributed by atoms with Crippen LogP contribution in [0.5, 0.6) is 5.75 Å². The number of halogens is 2. The third-order valence-electron chi connectivity index (χ3n) is 3.64. The van der Waals surface area contributed by atoms with Crippen LogP contribution in [0.25, 0.3) is 0 Å². The molecule has 0 spiro atoms. The summed E-state index contributed by atoms with van der Waals surface area (Å²) in [7, 11) is 0. The van der Waals surface area contributed by atoms with E-state index < -0.39 is 0 Å². The van der Waals surface area contributed by atoms with Crippen molar-refractivity contribution in [1.29, 1.82) is 0 Å². The molecule has 3 heteroatoms. The zero-order valence-corrected chi connectivity index (χ0v) is 13.1. The second-order valence-corrected chi connectivity index (χ2v) is 6.24. The molecule has 1 atom stereocenters. The Bertz CT molecular complexity index is 388. The first-order valence-corrected chi connectivity index (χ1v) is 8.01. The molecule has 0 radical (unpaired) electrons. The largest absolute Gasteiger partial charge is 0.494 e. The van der Waals surface area contributed by atoms with Crippen molar-refractivity contribution in [2.75, 3.05) is 6.61 Å². The van der Waals surface area contributed by atoms with Crippen LogP contribution in [0.1, 0.15) is 50.0 Å². The van der Waals surface area contributed by atoms with Gasteiger partial charge in [-0.15, -0.1) is 11.6 Å². The van der Waals surface area contributed by atoms with E-state index in [2.05, 4.69) is 22.0 Å². The van der Waals surface area contributed by atoms with Gasteiger partial charge in [-0.2, -0.15) is 0 Å². The zero-order chi connectivity index (χ0) is 13.0. The Morgan fingerprint density at radius 3 is 2.67 bits per heavy atom. The molecule has 0 amide bonds. The average Bonchev–Trinajstić information content (AvgIpc) is 2.40. The first-order chi connectivity index (χ1) is 8.72. The summed E-state index contributed by atoms with van der Waals surface area (Å²) in [6, 6.07) is 6.14. The number of hydrogen-bond donors (Lipinski definition) is 0. The van der Waals surface area contributed by atoms with Gasteiger partial charge in [0, 0.05) is 4.47 Å². The number of rotatable bonds is 4. The fourth-order valence-corrected chi connectivity index (χ4v) is 3.85. The minimum Gasteiger partial charge on any atom is -0.494 e. The zero-order valence-electron chi connectivity index (χ0n) is 10.8. The van der Waals surface area contributed by atoms with Crippen LogP contribution in [0, 0.1) is 5.92 Å². The van der Waals surface area contributed by atoms with Gasteiger partial charge in [-0.25, -0.2) is 0 Å². The predicted molar refractivity (Wildman–Crippen MR) is 80.5 cm³/mol. The molecular weight excluding hydrogens is 312 g/mol. The van der Waals surface area contributed by atoms with E-state index in [9.17, 15) is 0 Å². The van der Waals surface area contributed by atoms with Crippen LogP contribution in [0.15, 0.2) is 22.7 Å². The Hall–Kier alpha value is -0.210. The predicted octanol–water partition coefficient (Wildman–Crippen LogP) is 5.71. The second kappa shape index (κ2) is 6.81. The van der Waals surface area contributed by atoms with Crippen molar-refractivity contribution in [3.8, 4) is 5.75 Å². The Morgan fingerprint density at radius 2 is 2.06 bits per heavy atom. The Morgan fingerprint density at radius 1 is 1.33 bits per heavy atom. The molecule has 2 rings (SSSR count). The van der Waals surface area contributed by atoms with Gasteiger partial charge >= 0.3 is 0 Å². The summed E-state index contributed by atoms with van der Waals surface area (Å²) in [6.07, 6.45) is 6.53. The Balaban J connectivity index is 2.11. The highest BCUT2D eigenvalue weighted by Crippen LogP contribution is 2.41. The number of ether oxygens (including phenoxy) is 1. The van der Waals surface area contributed by atoms with Gasteiger partial charge in [0.15, 0.2) is 0 Å². The van der Waals surface area contributed by atoms with Crippen molar-refractivity contribution < 1.29 is 4.74 Å². The minimum absolute atomic E-state index is 0.121. The van der Waals surface area contributed by atoms with Gasteiger partial charge in [-0.1, -0.05) is 41.3 Å². The third kappa shape index (κ3) is 3.42. The lowest BCUT2D eigenvalue weighted by Crippen LogP contribution is -2.12. The smallest absolute Gasteiger partial charge is 0.120 e. The first-order valence-electron chi connectivity index (χ1n) is 6.78. The Labute approximate surface area is 123 Å². The van der Waals surface area contributed by atoms with Crippen LogP contribution in [-0.4, -0.2) is 6.61 Å². The molecule has 18 heavy (non-hydrogen) atoms. The summed E-state index contributed by atoms with van der Waals surface area (Å²) in [5, 5.41) is 0.121.